The first-order chi connectivity index (χ1) is 9.25. The fraction of sp³-hybridized carbons (Fsp3) is 0.917. The maximum atomic E-state index is 10.4. The molecule has 0 aromatic carbocycles. The number of aliphatic hydroxyl groups is 1. The van der Waals surface area contributed by atoms with Crippen molar-refractivity contribution in [3.05, 3.63) is 0 Å². The molecule has 1 N–H and O–H groups in total. The fourth-order valence-corrected chi connectivity index (χ4v) is 3.49. The number of fused-ring (bicyclic) bond motifs is 2. The van der Waals surface area contributed by atoms with Crippen molar-refractivity contribution in [1.82, 2.24) is 5.06 Å². The number of oxime groups is 1. The van der Waals surface area contributed by atoms with Gasteiger partial charge in [0.25, 0.3) is 0 Å². The SMILES string of the molecule is CN1OC[C@H]2CO[C@H]([C@H]3OC[C@@H]4CON=C4[C@H]3O)[C@H]21. The average molecular weight is 270 g/mol. The predicted octanol–water partition coefficient (Wildman–Crippen LogP) is -0.991. The van der Waals surface area contributed by atoms with Crippen LogP contribution in [0.1, 0.15) is 0 Å². The van der Waals surface area contributed by atoms with Crippen LogP contribution in [0.5, 0.6) is 0 Å². The number of ether oxygens (including phenoxy) is 2. The molecule has 0 aromatic rings. The molecule has 3 saturated heterocycles. The highest BCUT2D eigenvalue weighted by atomic mass is 16.7. The van der Waals surface area contributed by atoms with Gasteiger partial charge < -0.3 is 19.4 Å². The van der Waals surface area contributed by atoms with Gasteiger partial charge in [-0.25, -0.2) is 0 Å². The van der Waals surface area contributed by atoms with Crippen LogP contribution in [-0.2, 0) is 19.1 Å². The quantitative estimate of drug-likeness (QED) is 0.659. The van der Waals surface area contributed by atoms with Crippen molar-refractivity contribution in [1.29, 1.82) is 0 Å². The van der Waals surface area contributed by atoms with Crippen LogP contribution < -0.4 is 0 Å². The lowest BCUT2D eigenvalue weighted by Crippen LogP contribution is -2.56. The largest absolute Gasteiger partial charge is 0.395 e. The molecule has 0 aromatic heterocycles. The predicted molar refractivity (Wildman–Crippen MR) is 63.4 cm³/mol. The van der Waals surface area contributed by atoms with Gasteiger partial charge in [0.05, 0.1) is 37.5 Å². The molecule has 0 radical (unpaired) electrons. The van der Waals surface area contributed by atoms with Gasteiger partial charge in [0, 0.05) is 13.0 Å². The number of rotatable bonds is 1. The van der Waals surface area contributed by atoms with Crippen LogP contribution in [0.3, 0.4) is 0 Å². The Hall–Kier alpha value is -0.730. The summed E-state index contributed by atoms with van der Waals surface area (Å²) in [6.07, 6.45) is -1.33. The van der Waals surface area contributed by atoms with Gasteiger partial charge in [0.1, 0.15) is 24.9 Å². The van der Waals surface area contributed by atoms with Crippen LogP contribution in [0.4, 0.5) is 0 Å². The van der Waals surface area contributed by atoms with Crippen LogP contribution in [0.15, 0.2) is 5.16 Å². The molecule has 4 aliphatic rings. The Morgan fingerprint density at radius 2 is 2.00 bits per heavy atom. The highest BCUT2D eigenvalue weighted by Crippen LogP contribution is 2.36. The fourth-order valence-electron chi connectivity index (χ4n) is 3.49. The molecule has 7 heteroatoms. The van der Waals surface area contributed by atoms with Crippen LogP contribution in [0.25, 0.3) is 0 Å². The van der Waals surface area contributed by atoms with Crippen LogP contribution in [0.2, 0.25) is 0 Å². The summed E-state index contributed by atoms with van der Waals surface area (Å²) in [4.78, 5) is 10.6. The van der Waals surface area contributed by atoms with E-state index in [2.05, 4.69) is 5.16 Å². The van der Waals surface area contributed by atoms with Crippen molar-refractivity contribution >= 4 is 5.71 Å². The third-order valence-corrected chi connectivity index (χ3v) is 4.53. The Morgan fingerprint density at radius 1 is 1.16 bits per heavy atom. The Labute approximate surface area is 111 Å². The Kier molecular flexibility index (Phi) is 2.78. The van der Waals surface area contributed by atoms with Gasteiger partial charge in [-0.2, -0.15) is 5.06 Å². The molecule has 6 atom stereocenters. The minimum Gasteiger partial charge on any atom is -0.395 e. The number of aliphatic hydroxyl groups excluding tert-OH is 1. The topological polar surface area (TPSA) is 72.8 Å². The van der Waals surface area contributed by atoms with Gasteiger partial charge in [-0.05, 0) is 0 Å². The summed E-state index contributed by atoms with van der Waals surface area (Å²) in [6.45, 7) is 2.36. The zero-order valence-electron chi connectivity index (χ0n) is 10.8. The Balaban J connectivity index is 1.56. The molecule has 19 heavy (non-hydrogen) atoms. The van der Waals surface area contributed by atoms with E-state index in [4.69, 9.17) is 19.1 Å². The molecule has 4 aliphatic heterocycles. The molecule has 0 spiro atoms. The van der Waals surface area contributed by atoms with Crippen LogP contribution in [0, 0.1) is 11.8 Å². The monoisotopic (exact) mass is 270 g/mol. The first-order valence-electron chi connectivity index (χ1n) is 6.72. The van der Waals surface area contributed by atoms with E-state index in [0.29, 0.717) is 38.1 Å². The maximum absolute atomic E-state index is 10.4. The van der Waals surface area contributed by atoms with Gasteiger partial charge in [-0.3, -0.25) is 4.84 Å². The zero-order chi connectivity index (χ0) is 13.0. The maximum Gasteiger partial charge on any atom is 0.127 e. The molecule has 0 bridgehead atoms. The molecule has 4 heterocycles. The second-order valence-electron chi connectivity index (χ2n) is 5.64. The van der Waals surface area contributed by atoms with Crippen molar-refractivity contribution in [2.24, 2.45) is 17.0 Å². The van der Waals surface area contributed by atoms with Crippen LogP contribution in [-0.4, -0.2) is 73.7 Å². The van der Waals surface area contributed by atoms with E-state index in [9.17, 15) is 5.11 Å². The summed E-state index contributed by atoms with van der Waals surface area (Å²) in [7, 11) is 1.90. The van der Waals surface area contributed by atoms with Crippen molar-refractivity contribution < 1.29 is 24.3 Å². The Morgan fingerprint density at radius 3 is 2.89 bits per heavy atom. The summed E-state index contributed by atoms with van der Waals surface area (Å²) >= 11 is 0. The van der Waals surface area contributed by atoms with E-state index in [0.717, 1.165) is 0 Å². The highest BCUT2D eigenvalue weighted by molar-refractivity contribution is 5.92. The molecule has 7 nitrogen and oxygen atoms in total. The summed E-state index contributed by atoms with van der Waals surface area (Å²) in [5, 5.41) is 16.2. The number of hydrogen-bond donors (Lipinski definition) is 1. The van der Waals surface area contributed by atoms with Gasteiger partial charge >= 0.3 is 0 Å². The average Bonchev–Trinajstić information content (AvgIpc) is 3.08. The van der Waals surface area contributed by atoms with Gasteiger partial charge in [-0.15, -0.1) is 0 Å². The number of hydroxylamine groups is 2. The van der Waals surface area contributed by atoms with Crippen molar-refractivity contribution in [3.63, 3.8) is 0 Å². The summed E-state index contributed by atoms with van der Waals surface area (Å²) in [5.41, 5.74) is 0.699. The second-order valence-corrected chi connectivity index (χ2v) is 5.64. The zero-order valence-corrected chi connectivity index (χ0v) is 10.8. The third-order valence-electron chi connectivity index (χ3n) is 4.53. The molecule has 4 rings (SSSR count). The molecule has 0 aliphatic carbocycles. The number of nitrogens with zero attached hydrogens (tertiary/aromatic N) is 2. The number of likely N-dealkylation sites (N-methyl/N-ethyl adjacent to an activating group) is 1. The van der Waals surface area contributed by atoms with E-state index in [1.165, 1.54) is 0 Å². The minimum absolute atomic E-state index is 0.0843. The molecule has 106 valence electrons. The summed E-state index contributed by atoms with van der Waals surface area (Å²) < 4.78 is 11.7. The van der Waals surface area contributed by atoms with Crippen molar-refractivity contribution in [2.45, 2.75) is 24.4 Å². The van der Waals surface area contributed by atoms with E-state index in [1.807, 2.05) is 12.1 Å². The first kappa shape index (κ1) is 12.0. The lowest BCUT2D eigenvalue weighted by atomic mass is 9.88. The van der Waals surface area contributed by atoms with Crippen molar-refractivity contribution in [2.75, 3.05) is 33.5 Å². The first-order valence-corrected chi connectivity index (χ1v) is 6.72. The molecular formula is C12H18N2O5. The molecule has 3 fully saturated rings. The van der Waals surface area contributed by atoms with Gasteiger partial charge in [0.2, 0.25) is 0 Å². The third kappa shape index (κ3) is 1.73. The second kappa shape index (κ2) is 4.39. The van der Waals surface area contributed by atoms with E-state index < -0.39 is 12.2 Å². The molecular weight excluding hydrogens is 252 g/mol. The molecule has 0 unspecified atom stereocenters. The Bertz CT molecular complexity index is 404. The van der Waals surface area contributed by atoms with Gasteiger partial charge in [0.15, 0.2) is 0 Å². The summed E-state index contributed by atoms with van der Waals surface area (Å²) in [5.74, 6) is 0.436. The summed E-state index contributed by atoms with van der Waals surface area (Å²) in [6, 6.07) is 0.138. The van der Waals surface area contributed by atoms with Crippen molar-refractivity contribution in [3.8, 4) is 0 Å². The standard InChI is InChI=1S/C12H18N2O5/c1-14-9-7(5-19-14)3-16-11(9)12-10(15)8-6(2-17-12)4-18-13-8/h6-7,9-12,15H,2-5H2,1H3/t6-,7-,9+,10-,11+,12+/m1/s1. The smallest absolute Gasteiger partial charge is 0.127 e. The number of hydrogen-bond acceptors (Lipinski definition) is 7. The lowest BCUT2D eigenvalue weighted by Gasteiger charge is -2.36. The molecule has 0 saturated carbocycles. The van der Waals surface area contributed by atoms with E-state index in [-0.39, 0.29) is 18.1 Å². The van der Waals surface area contributed by atoms with Crippen LogP contribution >= 0.6 is 0 Å². The van der Waals surface area contributed by atoms with E-state index in [1.54, 1.807) is 0 Å². The molecule has 0 amide bonds. The van der Waals surface area contributed by atoms with Gasteiger partial charge in [-0.1, -0.05) is 5.16 Å². The highest BCUT2D eigenvalue weighted by Gasteiger charge is 2.53. The minimum atomic E-state index is -0.751. The normalized spacial score (nSPS) is 49.7. The van der Waals surface area contributed by atoms with E-state index >= 15 is 0 Å². The lowest BCUT2D eigenvalue weighted by molar-refractivity contribution is -0.170.